The van der Waals surface area contributed by atoms with E-state index in [0.29, 0.717) is 22.5 Å². The third-order valence-corrected chi connectivity index (χ3v) is 4.05. The molecule has 1 saturated heterocycles. The lowest BCUT2D eigenvalue weighted by atomic mass is 10.2. The van der Waals surface area contributed by atoms with Crippen molar-refractivity contribution >= 4 is 22.5 Å². The molecule has 0 bridgehead atoms. The maximum absolute atomic E-state index is 13.0. The first kappa shape index (κ1) is 14.3. The van der Waals surface area contributed by atoms with E-state index in [0.717, 1.165) is 38.3 Å². The molecule has 0 aliphatic carbocycles. The van der Waals surface area contributed by atoms with E-state index in [2.05, 4.69) is 20.2 Å². The Kier molecular flexibility index (Phi) is 3.15. The van der Waals surface area contributed by atoms with E-state index in [1.807, 2.05) is 0 Å². The smallest absolute Gasteiger partial charge is 0.351 e. The van der Waals surface area contributed by atoms with Gasteiger partial charge in [0.15, 0.2) is 11.5 Å². The monoisotopic (exact) mass is 321 g/mol. The molecule has 1 fully saturated rings. The summed E-state index contributed by atoms with van der Waals surface area (Å²) in [5.41, 5.74) is 0.832. The van der Waals surface area contributed by atoms with Gasteiger partial charge < -0.3 is 10.2 Å². The third kappa shape index (κ3) is 2.39. The van der Waals surface area contributed by atoms with Gasteiger partial charge >= 0.3 is 6.18 Å². The van der Waals surface area contributed by atoms with Crippen molar-refractivity contribution in [2.45, 2.75) is 6.18 Å². The van der Waals surface area contributed by atoms with Gasteiger partial charge in [0.2, 0.25) is 0 Å². The largest absolute Gasteiger partial charge is 0.416 e. The normalized spacial score (nSPS) is 16.4. The first-order chi connectivity index (χ1) is 11.0. The minimum absolute atomic E-state index is 0.409. The highest BCUT2D eigenvalue weighted by molar-refractivity contribution is 5.83. The van der Waals surface area contributed by atoms with Crippen LogP contribution in [0.5, 0.6) is 0 Å². The number of nitrogens with zero attached hydrogens (tertiary/aromatic N) is 4. The van der Waals surface area contributed by atoms with Gasteiger partial charge in [-0.2, -0.15) is 13.2 Å². The van der Waals surface area contributed by atoms with E-state index in [4.69, 9.17) is 0 Å². The summed E-state index contributed by atoms with van der Waals surface area (Å²) in [5, 5.41) is 3.27. The van der Waals surface area contributed by atoms with Gasteiger partial charge in [-0.3, -0.25) is 4.40 Å². The number of piperazine rings is 1. The molecule has 23 heavy (non-hydrogen) atoms. The van der Waals surface area contributed by atoms with Crippen LogP contribution in [0.2, 0.25) is 0 Å². The number of nitrogens with one attached hydrogen (secondary N) is 1. The summed E-state index contributed by atoms with van der Waals surface area (Å²) in [6.07, 6.45) is -1.12. The fraction of sp³-hybridized carbons (Fsp3) is 0.333. The molecule has 1 N–H and O–H groups in total. The second-order valence-electron chi connectivity index (χ2n) is 5.49. The Morgan fingerprint density at radius 1 is 1.13 bits per heavy atom. The molecule has 2 aromatic heterocycles. The van der Waals surface area contributed by atoms with Crippen LogP contribution < -0.4 is 10.2 Å². The summed E-state index contributed by atoms with van der Waals surface area (Å²) < 4.78 is 40.5. The van der Waals surface area contributed by atoms with Gasteiger partial charge in [-0.05, 0) is 18.2 Å². The van der Waals surface area contributed by atoms with E-state index < -0.39 is 11.7 Å². The number of hydrogen-bond acceptors (Lipinski definition) is 4. The molecule has 3 aromatic rings. The molecule has 5 nitrogen and oxygen atoms in total. The second kappa shape index (κ2) is 5.09. The van der Waals surface area contributed by atoms with Crippen molar-refractivity contribution in [3.05, 3.63) is 36.2 Å². The summed E-state index contributed by atoms with van der Waals surface area (Å²) in [7, 11) is 0. The Hall–Kier alpha value is -2.35. The highest BCUT2D eigenvalue weighted by Gasteiger charge is 2.31. The molecule has 0 saturated carbocycles. The Morgan fingerprint density at radius 3 is 2.65 bits per heavy atom. The Bertz CT molecular complexity index is 865. The molecule has 4 rings (SSSR count). The van der Waals surface area contributed by atoms with Crippen LogP contribution in [0.1, 0.15) is 5.56 Å². The number of fused-ring (bicyclic) bond motifs is 3. The van der Waals surface area contributed by atoms with Gasteiger partial charge in [0.25, 0.3) is 0 Å². The van der Waals surface area contributed by atoms with E-state index in [1.54, 1.807) is 16.8 Å². The number of halogens is 3. The zero-order chi connectivity index (χ0) is 16.0. The first-order valence-electron chi connectivity index (χ1n) is 7.34. The molecule has 1 aliphatic heterocycles. The molecule has 0 unspecified atom stereocenters. The van der Waals surface area contributed by atoms with E-state index in [-0.39, 0.29) is 0 Å². The second-order valence-corrected chi connectivity index (χ2v) is 5.49. The van der Waals surface area contributed by atoms with Crippen molar-refractivity contribution < 1.29 is 13.2 Å². The quantitative estimate of drug-likeness (QED) is 0.747. The fourth-order valence-corrected chi connectivity index (χ4v) is 2.90. The lowest BCUT2D eigenvalue weighted by Gasteiger charge is -2.28. The Balaban J connectivity index is 1.94. The molecular weight excluding hydrogens is 307 g/mol. The van der Waals surface area contributed by atoms with Crippen molar-refractivity contribution in [1.29, 1.82) is 0 Å². The summed E-state index contributed by atoms with van der Waals surface area (Å²) in [5.74, 6) is 0.712. The molecule has 1 aliphatic rings. The van der Waals surface area contributed by atoms with Crippen molar-refractivity contribution in [2.24, 2.45) is 0 Å². The van der Waals surface area contributed by atoms with Gasteiger partial charge in [0, 0.05) is 38.6 Å². The van der Waals surface area contributed by atoms with Gasteiger partial charge in [-0.1, -0.05) is 0 Å². The van der Waals surface area contributed by atoms with Crippen LogP contribution in [0.4, 0.5) is 19.0 Å². The molecule has 0 amide bonds. The maximum atomic E-state index is 13.0. The van der Waals surface area contributed by atoms with Crippen LogP contribution in [0, 0.1) is 0 Å². The minimum atomic E-state index is -4.38. The van der Waals surface area contributed by atoms with Gasteiger partial charge in [0.05, 0.1) is 16.6 Å². The highest BCUT2D eigenvalue weighted by atomic mass is 19.4. The first-order valence-corrected chi connectivity index (χ1v) is 7.34. The summed E-state index contributed by atoms with van der Waals surface area (Å²) in [4.78, 5) is 11.0. The lowest BCUT2D eigenvalue weighted by Crippen LogP contribution is -2.44. The van der Waals surface area contributed by atoms with Crippen molar-refractivity contribution in [1.82, 2.24) is 19.7 Å². The van der Waals surface area contributed by atoms with E-state index >= 15 is 0 Å². The van der Waals surface area contributed by atoms with Crippen molar-refractivity contribution in [3.8, 4) is 0 Å². The third-order valence-electron chi connectivity index (χ3n) is 4.05. The SMILES string of the molecule is FC(F)(F)c1ccc2nc(N3CCNCC3)c3nccn3c2c1. The average molecular weight is 321 g/mol. The number of imidazole rings is 1. The maximum Gasteiger partial charge on any atom is 0.416 e. The molecule has 1 aromatic carbocycles. The Labute approximate surface area is 129 Å². The number of rotatable bonds is 1. The minimum Gasteiger partial charge on any atom is -0.351 e. The van der Waals surface area contributed by atoms with E-state index in [9.17, 15) is 13.2 Å². The zero-order valence-electron chi connectivity index (χ0n) is 12.1. The van der Waals surface area contributed by atoms with Crippen LogP contribution in [-0.2, 0) is 6.18 Å². The molecular formula is C15H14F3N5. The zero-order valence-corrected chi connectivity index (χ0v) is 12.1. The summed E-state index contributed by atoms with van der Waals surface area (Å²) in [6, 6.07) is 3.61. The number of benzene rings is 1. The molecule has 8 heteroatoms. The predicted molar refractivity (Wildman–Crippen MR) is 80.6 cm³/mol. The highest BCUT2D eigenvalue weighted by Crippen LogP contribution is 2.32. The Morgan fingerprint density at radius 2 is 1.91 bits per heavy atom. The van der Waals surface area contributed by atoms with Crippen molar-refractivity contribution in [3.63, 3.8) is 0 Å². The van der Waals surface area contributed by atoms with Crippen LogP contribution in [0.25, 0.3) is 16.7 Å². The standard InChI is InChI=1S/C15H14F3N5/c16-15(17,18)10-1-2-11-12(9-10)23-8-5-20-13(23)14(21-11)22-6-3-19-4-7-22/h1-2,5,8-9,19H,3-4,6-7H2. The van der Waals surface area contributed by atoms with Crippen molar-refractivity contribution in [2.75, 3.05) is 31.1 Å². The number of hydrogen-bond donors (Lipinski definition) is 1. The fourth-order valence-electron chi connectivity index (χ4n) is 2.90. The van der Waals surface area contributed by atoms with Crippen LogP contribution in [-0.4, -0.2) is 40.5 Å². The van der Waals surface area contributed by atoms with Crippen LogP contribution >= 0.6 is 0 Å². The number of alkyl halides is 3. The topological polar surface area (TPSA) is 45.5 Å². The van der Waals surface area contributed by atoms with Gasteiger partial charge in [0.1, 0.15) is 0 Å². The number of aromatic nitrogens is 3. The average Bonchev–Trinajstić information content (AvgIpc) is 3.03. The molecule has 0 spiro atoms. The molecule has 0 atom stereocenters. The summed E-state index contributed by atoms with van der Waals surface area (Å²) in [6.45, 7) is 3.28. The molecule has 0 radical (unpaired) electrons. The van der Waals surface area contributed by atoms with Crippen LogP contribution in [0.3, 0.4) is 0 Å². The van der Waals surface area contributed by atoms with Gasteiger partial charge in [-0.15, -0.1) is 0 Å². The molecule has 3 heterocycles. The van der Waals surface area contributed by atoms with Gasteiger partial charge in [-0.25, -0.2) is 9.97 Å². The lowest BCUT2D eigenvalue weighted by molar-refractivity contribution is -0.137. The number of anilines is 1. The predicted octanol–water partition coefficient (Wildman–Crippen LogP) is 2.31. The van der Waals surface area contributed by atoms with E-state index in [1.165, 1.54) is 6.07 Å². The summed E-state index contributed by atoms with van der Waals surface area (Å²) >= 11 is 0. The van der Waals surface area contributed by atoms with Crippen LogP contribution in [0.15, 0.2) is 30.6 Å². The molecule has 120 valence electrons.